The molecule has 2 saturated heterocycles. The first kappa shape index (κ1) is 18.9. The minimum atomic E-state index is 0.171. The molecule has 29 heavy (non-hydrogen) atoms. The molecule has 3 aromatic rings. The zero-order valence-corrected chi connectivity index (χ0v) is 17.5. The van der Waals surface area contributed by atoms with Crippen LogP contribution in [0.3, 0.4) is 0 Å². The summed E-state index contributed by atoms with van der Waals surface area (Å²) >= 11 is 6.40. The van der Waals surface area contributed by atoms with E-state index in [0.717, 1.165) is 67.5 Å². The van der Waals surface area contributed by atoms with Crippen LogP contribution in [0.15, 0.2) is 42.7 Å². The maximum Gasteiger partial charge on any atom is 0.138 e. The van der Waals surface area contributed by atoms with Gasteiger partial charge in [-0.05, 0) is 50.6 Å². The van der Waals surface area contributed by atoms with E-state index in [9.17, 15) is 0 Å². The van der Waals surface area contributed by atoms with Crippen molar-refractivity contribution in [1.29, 1.82) is 0 Å². The summed E-state index contributed by atoms with van der Waals surface area (Å²) in [7, 11) is 2.19. The van der Waals surface area contributed by atoms with Crippen LogP contribution in [0.25, 0.3) is 5.65 Å². The largest absolute Gasteiger partial charge is 0.355 e. The van der Waals surface area contributed by atoms with E-state index in [1.165, 1.54) is 5.82 Å². The zero-order valence-electron chi connectivity index (χ0n) is 16.8. The molecular formula is C22H27ClN6. The van der Waals surface area contributed by atoms with Crippen LogP contribution in [0, 0.1) is 0 Å². The van der Waals surface area contributed by atoms with Crippen LogP contribution in [0.5, 0.6) is 0 Å². The topological polar surface area (TPSA) is 48.7 Å². The fraction of sp³-hybridized carbons (Fsp3) is 0.455. The highest BCUT2D eigenvalue weighted by atomic mass is 35.5. The van der Waals surface area contributed by atoms with Gasteiger partial charge in [-0.3, -0.25) is 9.38 Å². The molecule has 5 rings (SSSR count). The summed E-state index contributed by atoms with van der Waals surface area (Å²) in [5.74, 6) is 1.23. The molecule has 0 spiro atoms. The van der Waals surface area contributed by atoms with E-state index < -0.39 is 0 Å². The fourth-order valence-electron chi connectivity index (χ4n) is 4.52. The second-order valence-corrected chi connectivity index (χ2v) is 8.55. The summed E-state index contributed by atoms with van der Waals surface area (Å²) in [4.78, 5) is 14.3. The summed E-state index contributed by atoms with van der Waals surface area (Å²) in [6.45, 7) is 4.28. The second-order valence-electron chi connectivity index (χ2n) is 8.14. The number of piperidine rings is 1. The highest BCUT2D eigenvalue weighted by molar-refractivity contribution is 6.31. The maximum absolute atomic E-state index is 6.40. The van der Waals surface area contributed by atoms with Crippen molar-refractivity contribution in [1.82, 2.24) is 24.6 Å². The summed E-state index contributed by atoms with van der Waals surface area (Å²) in [5.41, 5.74) is 3.06. The van der Waals surface area contributed by atoms with E-state index in [1.807, 2.05) is 18.3 Å². The molecule has 3 aromatic heterocycles. The normalized spacial score (nSPS) is 23.6. The van der Waals surface area contributed by atoms with Gasteiger partial charge in [0.05, 0.1) is 28.5 Å². The predicted octanol–water partition coefficient (Wildman–Crippen LogP) is 3.69. The molecule has 0 bridgehead atoms. The third kappa shape index (κ3) is 3.72. The Hall–Kier alpha value is -2.15. The Morgan fingerprint density at radius 2 is 1.86 bits per heavy atom. The summed E-state index contributed by atoms with van der Waals surface area (Å²) in [6, 6.07) is 10.6. The van der Waals surface area contributed by atoms with E-state index in [2.05, 4.69) is 55.9 Å². The van der Waals surface area contributed by atoms with Crippen molar-refractivity contribution < 1.29 is 0 Å². The van der Waals surface area contributed by atoms with Crippen molar-refractivity contribution in [3.8, 4) is 0 Å². The monoisotopic (exact) mass is 410 g/mol. The molecule has 0 saturated carbocycles. The molecule has 1 N–H and O–H groups in total. The number of hydrogen-bond donors (Lipinski definition) is 1. The molecule has 2 aliphatic rings. The van der Waals surface area contributed by atoms with Crippen LogP contribution < -0.4 is 10.2 Å². The zero-order chi connectivity index (χ0) is 19.8. The number of rotatable bonds is 3. The lowest BCUT2D eigenvalue weighted by Crippen LogP contribution is -2.45. The lowest BCUT2D eigenvalue weighted by atomic mass is 9.94. The molecule has 2 fully saturated rings. The Labute approximate surface area is 176 Å². The Morgan fingerprint density at radius 1 is 1.03 bits per heavy atom. The molecule has 5 heterocycles. The van der Waals surface area contributed by atoms with Gasteiger partial charge in [0, 0.05) is 38.6 Å². The number of fused-ring (bicyclic) bond motifs is 1. The number of nitrogens with one attached hydrogen (secondary N) is 1. The van der Waals surface area contributed by atoms with Gasteiger partial charge in [0.25, 0.3) is 0 Å². The lowest BCUT2D eigenvalue weighted by Gasteiger charge is -2.34. The van der Waals surface area contributed by atoms with Crippen molar-refractivity contribution in [3.63, 3.8) is 0 Å². The van der Waals surface area contributed by atoms with Crippen LogP contribution in [0.1, 0.15) is 42.7 Å². The Kier molecular flexibility index (Phi) is 5.16. The smallest absolute Gasteiger partial charge is 0.138 e. The van der Waals surface area contributed by atoms with Crippen molar-refractivity contribution >= 4 is 23.1 Å². The lowest BCUT2D eigenvalue weighted by molar-refractivity contribution is 0.311. The van der Waals surface area contributed by atoms with Gasteiger partial charge < -0.3 is 15.1 Å². The number of imidazole rings is 1. The first-order valence-electron chi connectivity index (χ1n) is 10.5. The number of piperazine rings is 1. The number of hydrogen-bond acceptors (Lipinski definition) is 5. The molecular weight excluding hydrogens is 384 g/mol. The molecule has 0 aromatic carbocycles. The third-order valence-corrected chi connectivity index (χ3v) is 6.50. The van der Waals surface area contributed by atoms with Gasteiger partial charge in [0.15, 0.2) is 0 Å². The standard InChI is InChI=1S/C22H27ClN6/c1-27-11-13-28(14-12-27)21-9-3-8-20-26-19(15-29(20)21)17-6-2-7-18(25-17)22-16(23)5-4-10-24-22/h3-5,8-10,15,17-18,25H,2,6-7,11-14H2,1H3/t17-,18+/m1/s1. The van der Waals surface area contributed by atoms with Gasteiger partial charge in [-0.15, -0.1) is 0 Å². The molecule has 6 nitrogen and oxygen atoms in total. The Bertz CT molecular complexity index is 994. The Morgan fingerprint density at radius 3 is 2.69 bits per heavy atom. The number of nitrogens with zero attached hydrogens (tertiary/aromatic N) is 5. The number of likely N-dealkylation sites (N-methyl/N-ethyl adjacent to an activating group) is 1. The minimum absolute atomic E-state index is 0.171. The number of pyridine rings is 2. The first-order chi connectivity index (χ1) is 14.2. The quantitative estimate of drug-likeness (QED) is 0.713. The molecule has 7 heteroatoms. The van der Waals surface area contributed by atoms with Gasteiger partial charge in [-0.1, -0.05) is 17.7 Å². The van der Waals surface area contributed by atoms with Crippen LogP contribution in [-0.2, 0) is 0 Å². The predicted molar refractivity (Wildman–Crippen MR) is 117 cm³/mol. The highest BCUT2D eigenvalue weighted by Crippen LogP contribution is 2.34. The second kappa shape index (κ2) is 7.94. The van der Waals surface area contributed by atoms with Gasteiger partial charge in [-0.2, -0.15) is 0 Å². The van der Waals surface area contributed by atoms with Crippen LogP contribution in [0.2, 0.25) is 5.02 Å². The SMILES string of the molecule is CN1CCN(c2cccc3nc([C@H]4CCC[C@@H](c5ncccc5Cl)N4)cn23)CC1. The van der Waals surface area contributed by atoms with E-state index in [-0.39, 0.29) is 12.1 Å². The van der Waals surface area contributed by atoms with Gasteiger partial charge >= 0.3 is 0 Å². The van der Waals surface area contributed by atoms with E-state index in [0.29, 0.717) is 0 Å². The first-order valence-corrected chi connectivity index (χ1v) is 10.8. The molecule has 2 aliphatic heterocycles. The highest BCUT2D eigenvalue weighted by Gasteiger charge is 2.27. The summed E-state index contributed by atoms with van der Waals surface area (Å²) in [5, 5.41) is 4.48. The Balaban J connectivity index is 1.42. The van der Waals surface area contributed by atoms with E-state index in [4.69, 9.17) is 16.6 Å². The number of anilines is 1. The summed E-state index contributed by atoms with van der Waals surface area (Å²) in [6.07, 6.45) is 7.29. The fourth-order valence-corrected chi connectivity index (χ4v) is 4.77. The van der Waals surface area contributed by atoms with E-state index >= 15 is 0 Å². The van der Waals surface area contributed by atoms with Crippen LogP contribution in [-0.4, -0.2) is 52.5 Å². The minimum Gasteiger partial charge on any atom is -0.355 e. The number of aromatic nitrogens is 3. The third-order valence-electron chi connectivity index (χ3n) is 6.18. The van der Waals surface area contributed by atoms with Gasteiger partial charge in [0.1, 0.15) is 11.5 Å². The van der Waals surface area contributed by atoms with Crippen molar-refractivity contribution in [3.05, 3.63) is 59.1 Å². The molecule has 152 valence electrons. The molecule has 2 atom stereocenters. The van der Waals surface area contributed by atoms with Crippen molar-refractivity contribution in [2.24, 2.45) is 0 Å². The van der Waals surface area contributed by atoms with Crippen molar-refractivity contribution in [2.75, 3.05) is 38.1 Å². The molecule has 0 amide bonds. The van der Waals surface area contributed by atoms with Gasteiger partial charge in [-0.25, -0.2) is 4.98 Å². The van der Waals surface area contributed by atoms with Crippen LogP contribution in [0.4, 0.5) is 5.82 Å². The van der Waals surface area contributed by atoms with Gasteiger partial charge in [0.2, 0.25) is 0 Å². The van der Waals surface area contributed by atoms with Crippen LogP contribution >= 0.6 is 11.6 Å². The van der Waals surface area contributed by atoms with E-state index in [1.54, 1.807) is 0 Å². The maximum atomic E-state index is 6.40. The summed E-state index contributed by atoms with van der Waals surface area (Å²) < 4.78 is 2.25. The molecule has 0 radical (unpaired) electrons. The average molecular weight is 411 g/mol. The van der Waals surface area contributed by atoms with Crippen molar-refractivity contribution in [2.45, 2.75) is 31.3 Å². The molecule has 0 aliphatic carbocycles. The average Bonchev–Trinajstić information content (AvgIpc) is 3.19. The molecule has 0 unspecified atom stereocenters. The number of halogens is 1.